The Balaban J connectivity index is 0.00000400. The van der Waals surface area contributed by atoms with E-state index in [0.29, 0.717) is 37.8 Å². The van der Waals surface area contributed by atoms with Crippen molar-refractivity contribution >= 4 is 35.6 Å². The highest BCUT2D eigenvalue weighted by Crippen LogP contribution is 2.36. The summed E-state index contributed by atoms with van der Waals surface area (Å²) in [5.41, 5.74) is 5.32. The summed E-state index contributed by atoms with van der Waals surface area (Å²) < 4.78 is 22.1. The number of carbonyl (C=O) groups excluding carboxylic acids is 1. The number of ether oxygens (including phenoxy) is 1. The highest BCUT2D eigenvalue weighted by molar-refractivity contribution is 6.31. The first-order valence-electron chi connectivity index (χ1n) is 14.2. The van der Waals surface area contributed by atoms with E-state index in [-0.39, 0.29) is 30.4 Å². The average molecular weight is 643 g/mol. The molecule has 6 rings (SSSR count). The molecule has 7 nitrogen and oxygen atoms in total. The summed E-state index contributed by atoms with van der Waals surface area (Å²) in [7, 11) is 0. The van der Waals surface area contributed by atoms with Crippen molar-refractivity contribution in [1.29, 1.82) is 5.26 Å². The molecule has 2 heterocycles. The first-order chi connectivity index (χ1) is 21.5. The number of hydrogen-bond acceptors (Lipinski definition) is 5. The number of piperazine rings is 1. The summed E-state index contributed by atoms with van der Waals surface area (Å²) in [6, 6.07) is 29.9. The Morgan fingerprint density at radius 2 is 1.78 bits per heavy atom. The largest absolute Gasteiger partial charge is 0.489 e. The summed E-state index contributed by atoms with van der Waals surface area (Å²) in [5, 5.41) is 9.56. The SMILES string of the molecule is Cl.N#Cc1ccc(Cn2cncc2CN2CCN(c3cc(Cl)ccc3-c3cccc(OCc4ccccc4)c3)C(=O)C2)cc1F. The molecule has 45 heavy (non-hydrogen) atoms. The maximum atomic E-state index is 14.1. The van der Waals surface area contributed by atoms with Crippen molar-refractivity contribution in [2.45, 2.75) is 19.7 Å². The fourth-order valence-electron chi connectivity index (χ4n) is 5.37. The van der Waals surface area contributed by atoms with Crippen LogP contribution >= 0.6 is 24.0 Å². The summed E-state index contributed by atoms with van der Waals surface area (Å²) >= 11 is 6.43. The molecule has 1 aromatic heterocycles. The lowest BCUT2D eigenvalue weighted by Gasteiger charge is -2.35. The van der Waals surface area contributed by atoms with Crippen LogP contribution in [0.1, 0.15) is 22.4 Å². The minimum atomic E-state index is -0.541. The highest BCUT2D eigenvalue weighted by Gasteiger charge is 2.28. The number of amides is 1. The van der Waals surface area contributed by atoms with Crippen LogP contribution in [0.25, 0.3) is 11.1 Å². The van der Waals surface area contributed by atoms with Crippen molar-refractivity contribution in [1.82, 2.24) is 14.5 Å². The van der Waals surface area contributed by atoms with Gasteiger partial charge >= 0.3 is 0 Å². The summed E-state index contributed by atoms with van der Waals surface area (Å²) in [5.74, 6) is 0.167. The number of rotatable bonds is 9. The number of halogens is 3. The van der Waals surface area contributed by atoms with E-state index in [1.807, 2.05) is 83.4 Å². The first kappa shape index (κ1) is 31.7. The van der Waals surface area contributed by atoms with Crippen molar-refractivity contribution in [2.24, 2.45) is 0 Å². The number of benzene rings is 4. The Hall–Kier alpha value is -4.68. The van der Waals surface area contributed by atoms with E-state index in [2.05, 4.69) is 9.88 Å². The maximum Gasteiger partial charge on any atom is 0.241 e. The molecule has 1 aliphatic heterocycles. The van der Waals surface area contributed by atoms with Gasteiger partial charge in [-0.1, -0.05) is 66.2 Å². The van der Waals surface area contributed by atoms with Crippen LogP contribution < -0.4 is 9.64 Å². The van der Waals surface area contributed by atoms with Gasteiger partial charge in [0.15, 0.2) is 0 Å². The second-order valence-electron chi connectivity index (χ2n) is 10.7. The van der Waals surface area contributed by atoms with E-state index < -0.39 is 5.82 Å². The van der Waals surface area contributed by atoms with E-state index in [1.54, 1.807) is 23.5 Å². The van der Waals surface area contributed by atoms with Crippen molar-refractivity contribution in [3.8, 4) is 22.9 Å². The molecule has 10 heteroatoms. The molecule has 0 unspecified atom stereocenters. The quantitative estimate of drug-likeness (QED) is 0.171. The van der Waals surface area contributed by atoms with E-state index in [0.717, 1.165) is 39.4 Å². The third-order valence-electron chi connectivity index (χ3n) is 7.63. The number of anilines is 1. The molecule has 1 amide bonds. The van der Waals surface area contributed by atoms with Gasteiger partial charge in [0.05, 0.1) is 29.8 Å². The fourth-order valence-corrected chi connectivity index (χ4v) is 5.54. The van der Waals surface area contributed by atoms with Gasteiger partial charge in [-0.3, -0.25) is 9.69 Å². The molecule has 4 aromatic carbocycles. The zero-order valence-corrected chi connectivity index (χ0v) is 25.8. The summed E-state index contributed by atoms with van der Waals surface area (Å²) in [6.45, 7) is 2.75. The van der Waals surface area contributed by atoms with Gasteiger partial charge in [0.25, 0.3) is 0 Å². The molecule has 1 aliphatic rings. The van der Waals surface area contributed by atoms with Crippen molar-refractivity contribution < 1.29 is 13.9 Å². The lowest BCUT2D eigenvalue weighted by molar-refractivity contribution is -0.121. The van der Waals surface area contributed by atoms with Crippen LogP contribution in [0.2, 0.25) is 5.02 Å². The number of nitrogens with zero attached hydrogens (tertiary/aromatic N) is 5. The lowest BCUT2D eigenvalue weighted by atomic mass is 10.0. The van der Waals surface area contributed by atoms with Crippen LogP contribution in [0, 0.1) is 17.1 Å². The molecule has 0 atom stereocenters. The van der Waals surface area contributed by atoms with E-state index in [1.165, 1.54) is 12.1 Å². The molecule has 0 saturated carbocycles. The normalized spacial score (nSPS) is 13.3. The predicted octanol–water partition coefficient (Wildman–Crippen LogP) is 7.11. The number of aromatic nitrogens is 2. The molecular weight excluding hydrogens is 612 g/mol. The number of imidazole rings is 1. The molecule has 0 spiro atoms. The first-order valence-corrected chi connectivity index (χ1v) is 14.6. The van der Waals surface area contributed by atoms with Gasteiger partial charge in [-0.25, -0.2) is 9.37 Å². The Bertz CT molecular complexity index is 1840. The van der Waals surface area contributed by atoms with E-state index in [9.17, 15) is 9.18 Å². The monoisotopic (exact) mass is 641 g/mol. The number of nitriles is 1. The van der Waals surface area contributed by atoms with Crippen LogP contribution in [0.4, 0.5) is 10.1 Å². The molecule has 0 aliphatic carbocycles. The standard InChI is InChI=1S/C35H29ClFN5O2.ClH/c36-29-11-12-32(27-7-4-8-31(16-27)44-23-25-5-2-1-3-6-25)34(17-29)42-14-13-40(22-35(42)43)21-30-19-39-24-41(30)20-26-9-10-28(18-38)33(37)15-26;/h1-12,15-17,19,24H,13-14,20-23H2;1H. The fraction of sp³-hybridized carbons (Fsp3) is 0.171. The Morgan fingerprint density at radius 1 is 0.933 bits per heavy atom. The Labute approximate surface area is 272 Å². The molecule has 0 N–H and O–H groups in total. The highest BCUT2D eigenvalue weighted by atomic mass is 35.5. The Kier molecular flexibility index (Phi) is 10.2. The minimum absolute atomic E-state index is 0. The third-order valence-corrected chi connectivity index (χ3v) is 7.87. The zero-order valence-electron chi connectivity index (χ0n) is 24.3. The number of hydrogen-bond donors (Lipinski definition) is 0. The van der Waals surface area contributed by atoms with Crippen LogP contribution in [-0.2, 0) is 24.5 Å². The van der Waals surface area contributed by atoms with Crippen molar-refractivity contribution in [3.63, 3.8) is 0 Å². The minimum Gasteiger partial charge on any atom is -0.489 e. The van der Waals surface area contributed by atoms with Gasteiger partial charge in [0.2, 0.25) is 5.91 Å². The molecule has 0 radical (unpaired) electrons. The van der Waals surface area contributed by atoms with E-state index >= 15 is 0 Å². The second-order valence-corrected chi connectivity index (χ2v) is 11.1. The lowest BCUT2D eigenvalue weighted by Crippen LogP contribution is -2.50. The van der Waals surface area contributed by atoms with E-state index in [4.69, 9.17) is 21.6 Å². The maximum absolute atomic E-state index is 14.1. The summed E-state index contributed by atoms with van der Waals surface area (Å²) in [4.78, 5) is 21.7. The average Bonchev–Trinajstić information content (AvgIpc) is 3.47. The molecular formula is C35H30Cl2FN5O2. The van der Waals surface area contributed by atoms with Gasteiger partial charge in [0.1, 0.15) is 24.2 Å². The van der Waals surface area contributed by atoms with Crippen LogP contribution in [0.5, 0.6) is 5.75 Å². The number of carbonyl (C=O) groups is 1. The third kappa shape index (κ3) is 7.52. The Morgan fingerprint density at radius 3 is 2.56 bits per heavy atom. The van der Waals surface area contributed by atoms with Crippen LogP contribution in [0.3, 0.4) is 0 Å². The van der Waals surface area contributed by atoms with Gasteiger partial charge in [0, 0.05) is 43.0 Å². The van der Waals surface area contributed by atoms with Gasteiger partial charge in [-0.05, 0) is 53.1 Å². The molecule has 228 valence electrons. The molecule has 1 fully saturated rings. The van der Waals surface area contributed by atoms with Gasteiger partial charge in [-0.15, -0.1) is 12.4 Å². The second kappa shape index (κ2) is 14.4. The van der Waals surface area contributed by atoms with Crippen molar-refractivity contribution in [2.75, 3.05) is 24.5 Å². The van der Waals surface area contributed by atoms with Crippen molar-refractivity contribution in [3.05, 3.63) is 137 Å². The summed E-state index contributed by atoms with van der Waals surface area (Å²) in [6.07, 6.45) is 3.46. The molecule has 0 bridgehead atoms. The van der Waals surface area contributed by atoms with Gasteiger partial charge in [-0.2, -0.15) is 5.26 Å². The predicted molar refractivity (Wildman–Crippen MR) is 175 cm³/mol. The van der Waals surface area contributed by atoms with Crippen LogP contribution in [-0.4, -0.2) is 40.0 Å². The molecule has 5 aromatic rings. The topological polar surface area (TPSA) is 74.4 Å². The van der Waals surface area contributed by atoms with Gasteiger partial charge < -0.3 is 14.2 Å². The smallest absolute Gasteiger partial charge is 0.241 e. The van der Waals surface area contributed by atoms with Crippen LogP contribution in [0.15, 0.2) is 104 Å². The molecule has 1 saturated heterocycles. The zero-order chi connectivity index (χ0) is 30.5.